The van der Waals surface area contributed by atoms with Gasteiger partial charge in [-0.1, -0.05) is 25.3 Å². The first-order valence-corrected chi connectivity index (χ1v) is 4.40. The molecule has 0 saturated heterocycles. The maximum Gasteiger partial charge on any atom is 0.113 e. The number of nitrogens with zero attached hydrogens (tertiary/aromatic N) is 1. The summed E-state index contributed by atoms with van der Waals surface area (Å²) in [4.78, 5) is 4.16. The normalized spacial score (nSPS) is 9.50. The summed E-state index contributed by atoms with van der Waals surface area (Å²) in [6.07, 6.45) is 5.41. The molecule has 0 aliphatic heterocycles. The molecule has 1 nitrogen and oxygen atoms in total. The summed E-state index contributed by atoms with van der Waals surface area (Å²) in [7, 11) is 0. The molecule has 0 saturated carbocycles. The average Bonchev–Trinajstić information content (AvgIpc) is 2.08. The van der Waals surface area contributed by atoms with E-state index in [2.05, 4.69) is 34.1 Å². The predicted octanol–water partition coefficient (Wildman–Crippen LogP) is 3.44. The van der Waals surface area contributed by atoms with Gasteiger partial charge in [-0.25, -0.2) is 4.98 Å². The van der Waals surface area contributed by atoms with Crippen molar-refractivity contribution in [3.05, 3.63) is 40.6 Å². The van der Waals surface area contributed by atoms with Gasteiger partial charge in [0, 0.05) is 11.8 Å². The summed E-state index contributed by atoms with van der Waals surface area (Å²) < 4.78 is 0.818. The van der Waals surface area contributed by atoms with Gasteiger partial charge in [-0.2, -0.15) is 0 Å². The van der Waals surface area contributed by atoms with Crippen LogP contribution in [0.15, 0.2) is 24.0 Å². The van der Waals surface area contributed by atoms with Crippen LogP contribution in [0.5, 0.6) is 0 Å². The molecule has 12 heavy (non-hydrogen) atoms. The molecule has 62 valence electrons. The fraction of sp³-hybridized carbons (Fsp3) is 0.100. The van der Waals surface area contributed by atoms with E-state index in [9.17, 15) is 0 Å². The quantitative estimate of drug-likeness (QED) is 0.701. The standard InChI is InChI=1S/C10H10BrN/c1-4-8-7(3)6-12-10(11)9(8)5-2/h4-6H,1-2H2,3H3. The Balaban J connectivity index is 3.48. The van der Waals surface area contributed by atoms with Crippen molar-refractivity contribution in [1.82, 2.24) is 4.98 Å². The lowest BCUT2D eigenvalue weighted by atomic mass is 10.1. The van der Waals surface area contributed by atoms with Crippen molar-refractivity contribution in [2.75, 3.05) is 0 Å². The smallest absolute Gasteiger partial charge is 0.113 e. The zero-order valence-electron chi connectivity index (χ0n) is 6.97. The summed E-state index contributed by atoms with van der Waals surface area (Å²) in [5.41, 5.74) is 3.21. The maximum absolute atomic E-state index is 4.16. The van der Waals surface area contributed by atoms with E-state index in [1.807, 2.05) is 19.2 Å². The number of hydrogen-bond acceptors (Lipinski definition) is 1. The lowest BCUT2D eigenvalue weighted by Crippen LogP contribution is -1.90. The molecule has 1 rings (SSSR count). The molecule has 1 heterocycles. The highest BCUT2D eigenvalue weighted by Crippen LogP contribution is 2.22. The van der Waals surface area contributed by atoms with Crippen LogP contribution in [0.4, 0.5) is 0 Å². The largest absolute Gasteiger partial charge is 0.248 e. The maximum atomic E-state index is 4.16. The SMILES string of the molecule is C=Cc1c(C)cnc(Br)c1C=C. The number of aryl methyl sites for hydroxylation is 1. The highest BCUT2D eigenvalue weighted by atomic mass is 79.9. The van der Waals surface area contributed by atoms with Crippen LogP contribution in [-0.4, -0.2) is 4.98 Å². The molecule has 1 aromatic rings. The van der Waals surface area contributed by atoms with E-state index in [4.69, 9.17) is 0 Å². The Morgan fingerprint density at radius 2 is 1.92 bits per heavy atom. The van der Waals surface area contributed by atoms with Crippen LogP contribution in [0.2, 0.25) is 0 Å². The molecular weight excluding hydrogens is 214 g/mol. The van der Waals surface area contributed by atoms with Crippen molar-refractivity contribution in [3.8, 4) is 0 Å². The van der Waals surface area contributed by atoms with Crippen molar-refractivity contribution in [2.45, 2.75) is 6.92 Å². The molecule has 2 heteroatoms. The van der Waals surface area contributed by atoms with Crippen LogP contribution in [-0.2, 0) is 0 Å². The van der Waals surface area contributed by atoms with Crippen LogP contribution in [0, 0.1) is 6.92 Å². The summed E-state index contributed by atoms with van der Waals surface area (Å²) in [6.45, 7) is 9.47. The number of hydrogen-bond donors (Lipinski definition) is 0. The Bertz CT molecular complexity index is 296. The van der Waals surface area contributed by atoms with Gasteiger partial charge in [0.1, 0.15) is 4.60 Å². The first-order valence-electron chi connectivity index (χ1n) is 3.60. The first-order chi connectivity index (χ1) is 5.70. The van der Waals surface area contributed by atoms with Gasteiger partial charge < -0.3 is 0 Å². The van der Waals surface area contributed by atoms with Crippen molar-refractivity contribution in [2.24, 2.45) is 0 Å². The minimum absolute atomic E-state index is 0.818. The molecule has 0 fully saturated rings. The molecule has 0 bridgehead atoms. The zero-order chi connectivity index (χ0) is 9.14. The van der Waals surface area contributed by atoms with Crippen LogP contribution >= 0.6 is 15.9 Å². The topological polar surface area (TPSA) is 12.9 Å². The second-order valence-electron chi connectivity index (χ2n) is 2.47. The predicted molar refractivity (Wildman–Crippen MR) is 56.9 cm³/mol. The van der Waals surface area contributed by atoms with E-state index >= 15 is 0 Å². The van der Waals surface area contributed by atoms with Gasteiger partial charge in [0.25, 0.3) is 0 Å². The van der Waals surface area contributed by atoms with Gasteiger partial charge in [0.2, 0.25) is 0 Å². The van der Waals surface area contributed by atoms with E-state index in [0.717, 1.165) is 21.3 Å². The van der Waals surface area contributed by atoms with E-state index in [1.54, 1.807) is 6.08 Å². The number of halogens is 1. The van der Waals surface area contributed by atoms with Crippen LogP contribution in [0.3, 0.4) is 0 Å². The van der Waals surface area contributed by atoms with E-state index in [1.165, 1.54) is 0 Å². The fourth-order valence-corrected chi connectivity index (χ4v) is 1.56. The molecule has 0 unspecified atom stereocenters. The van der Waals surface area contributed by atoms with Crippen LogP contribution < -0.4 is 0 Å². The summed E-state index contributed by atoms with van der Waals surface area (Å²) in [6, 6.07) is 0. The van der Waals surface area contributed by atoms with E-state index in [0.29, 0.717) is 0 Å². The van der Waals surface area contributed by atoms with Crippen molar-refractivity contribution >= 4 is 28.1 Å². The second kappa shape index (κ2) is 3.68. The van der Waals surface area contributed by atoms with Crippen LogP contribution in [0.1, 0.15) is 16.7 Å². The van der Waals surface area contributed by atoms with Gasteiger partial charge in [0.05, 0.1) is 0 Å². The number of pyridine rings is 1. The highest BCUT2D eigenvalue weighted by Gasteiger charge is 2.04. The van der Waals surface area contributed by atoms with Gasteiger partial charge in [-0.05, 0) is 34.0 Å². The van der Waals surface area contributed by atoms with Crippen molar-refractivity contribution in [1.29, 1.82) is 0 Å². The Morgan fingerprint density at radius 3 is 2.33 bits per heavy atom. The molecule has 0 aromatic carbocycles. The molecule has 0 aliphatic carbocycles. The van der Waals surface area contributed by atoms with Gasteiger partial charge in [-0.3, -0.25) is 0 Å². The summed E-state index contributed by atoms with van der Waals surface area (Å²) in [5, 5.41) is 0. The Kier molecular flexibility index (Phi) is 2.82. The molecular formula is C10H10BrN. The lowest BCUT2D eigenvalue weighted by molar-refractivity contribution is 1.21. The Morgan fingerprint density at radius 1 is 1.33 bits per heavy atom. The Hall–Kier alpha value is -0.890. The van der Waals surface area contributed by atoms with Crippen molar-refractivity contribution in [3.63, 3.8) is 0 Å². The first kappa shape index (κ1) is 9.20. The Labute approximate surface area is 81.0 Å². The fourth-order valence-electron chi connectivity index (χ4n) is 1.08. The summed E-state index contributed by atoms with van der Waals surface area (Å²) in [5.74, 6) is 0. The minimum Gasteiger partial charge on any atom is -0.248 e. The van der Waals surface area contributed by atoms with Crippen LogP contribution in [0.25, 0.3) is 12.2 Å². The third kappa shape index (κ3) is 1.48. The third-order valence-electron chi connectivity index (χ3n) is 1.72. The summed E-state index contributed by atoms with van der Waals surface area (Å²) >= 11 is 3.35. The van der Waals surface area contributed by atoms with E-state index in [-0.39, 0.29) is 0 Å². The minimum atomic E-state index is 0.818. The molecule has 1 aromatic heterocycles. The molecule has 0 aliphatic rings. The zero-order valence-corrected chi connectivity index (χ0v) is 8.56. The number of aromatic nitrogens is 1. The van der Waals surface area contributed by atoms with Gasteiger partial charge in [-0.15, -0.1) is 0 Å². The van der Waals surface area contributed by atoms with E-state index < -0.39 is 0 Å². The number of rotatable bonds is 2. The third-order valence-corrected chi connectivity index (χ3v) is 2.35. The van der Waals surface area contributed by atoms with Gasteiger partial charge >= 0.3 is 0 Å². The lowest BCUT2D eigenvalue weighted by Gasteiger charge is -2.05. The molecule has 0 N–H and O–H groups in total. The second-order valence-corrected chi connectivity index (χ2v) is 3.22. The molecule has 0 atom stereocenters. The average molecular weight is 224 g/mol. The van der Waals surface area contributed by atoms with Gasteiger partial charge in [0.15, 0.2) is 0 Å². The molecule has 0 spiro atoms. The molecule has 0 amide bonds. The monoisotopic (exact) mass is 223 g/mol. The molecule has 0 radical (unpaired) electrons. The van der Waals surface area contributed by atoms with Crippen molar-refractivity contribution < 1.29 is 0 Å². The highest BCUT2D eigenvalue weighted by molar-refractivity contribution is 9.10.